The van der Waals surface area contributed by atoms with Crippen molar-refractivity contribution in [2.75, 3.05) is 6.61 Å². The van der Waals surface area contributed by atoms with Crippen LogP contribution < -0.4 is 10.1 Å². The molecular formula is C21H22FNO4. The lowest BCUT2D eigenvalue weighted by atomic mass is 9.77. The molecule has 142 valence electrons. The maximum atomic E-state index is 14.4. The molecule has 1 fully saturated rings. The Morgan fingerprint density at radius 1 is 1.11 bits per heavy atom. The van der Waals surface area contributed by atoms with Crippen LogP contribution in [0.3, 0.4) is 0 Å². The zero-order valence-electron chi connectivity index (χ0n) is 14.9. The topological polar surface area (TPSA) is 75.6 Å². The van der Waals surface area contributed by atoms with E-state index in [0.29, 0.717) is 24.2 Å². The fourth-order valence-corrected chi connectivity index (χ4v) is 3.69. The number of nitrogens with one attached hydrogen (secondary N) is 1. The summed E-state index contributed by atoms with van der Waals surface area (Å²) in [5.41, 5.74) is 0.411. The average Bonchev–Trinajstić information content (AvgIpc) is 3.16. The molecule has 0 saturated heterocycles. The van der Waals surface area contributed by atoms with Gasteiger partial charge < -0.3 is 15.2 Å². The summed E-state index contributed by atoms with van der Waals surface area (Å²) < 4.78 is 19.5. The zero-order chi connectivity index (χ0) is 19.3. The van der Waals surface area contributed by atoms with Crippen LogP contribution in [0.2, 0.25) is 0 Å². The van der Waals surface area contributed by atoms with Crippen molar-refractivity contribution in [1.29, 1.82) is 0 Å². The lowest BCUT2D eigenvalue weighted by Gasteiger charge is -2.28. The molecule has 0 spiro atoms. The maximum absolute atomic E-state index is 14.4. The third kappa shape index (κ3) is 4.27. The van der Waals surface area contributed by atoms with Crippen molar-refractivity contribution >= 4 is 11.9 Å². The quantitative estimate of drug-likeness (QED) is 0.782. The highest BCUT2D eigenvalue weighted by Gasteiger charge is 2.44. The van der Waals surface area contributed by atoms with E-state index in [9.17, 15) is 14.0 Å². The van der Waals surface area contributed by atoms with Gasteiger partial charge >= 0.3 is 5.97 Å². The number of carbonyl (C=O) groups is 2. The van der Waals surface area contributed by atoms with Crippen LogP contribution in [0.15, 0.2) is 48.5 Å². The molecule has 0 aromatic heterocycles. The molecule has 0 aliphatic heterocycles. The van der Waals surface area contributed by atoms with Crippen molar-refractivity contribution in [2.24, 2.45) is 0 Å². The number of hydrogen-bond acceptors (Lipinski definition) is 3. The lowest BCUT2D eigenvalue weighted by Crippen LogP contribution is -2.42. The van der Waals surface area contributed by atoms with Crippen LogP contribution >= 0.6 is 0 Å². The molecule has 1 aliphatic rings. The molecule has 3 rings (SSSR count). The van der Waals surface area contributed by atoms with Crippen LogP contribution in [0.5, 0.6) is 5.75 Å². The lowest BCUT2D eigenvalue weighted by molar-refractivity contribution is -0.139. The van der Waals surface area contributed by atoms with Crippen molar-refractivity contribution in [3.8, 4) is 5.75 Å². The second-order valence-corrected chi connectivity index (χ2v) is 6.78. The molecule has 6 heteroatoms. The molecule has 0 radical (unpaired) electrons. The fourth-order valence-electron chi connectivity index (χ4n) is 3.69. The first-order valence-electron chi connectivity index (χ1n) is 8.98. The van der Waals surface area contributed by atoms with Gasteiger partial charge in [0.05, 0.1) is 5.41 Å². The normalized spacial score (nSPS) is 15.3. The summed E-state index contributed by atoms with van der Waals surface area (Å²) in [6.45, 7) is -0.161. The van der Waals surface area contributed by atoms with Gasteiger partial charge in [-0.2, -0.15) is 0 Å². The summed E-state index contributed by atoms with van der Waals surface area (Å²) in [5, 5.41) is 11.6. The summed E-state index contributed by atoms with van der Waals surface area (Å²) in [6.07, 6.45) is 3.03. The molecule has 2 aromatic rings. The summed E-state index contributed by atoms with van der Waals surface area (Å²) >= 11 is 0. The summed E-state index contributed by atoms with van der Waals surface area (Å²) in [7, 11) is 0. The number of rotatable bonds is 7. The SMILES string of the molecule is O=C(O)COc1cccc(CNC(=O)C2(c3ccccc3F)CCCC2)c1. The van der Waals surface area contributed by atoms with Crippen LogP contribution in [0, 0.1) is 5.82 Å². The third-order valence-corrected chi connectivity index (χ3v) is 5.00. The van der Waals surface area contributed by atoms with Gasteiger partial charge in [0, 0.05) is 12.1 Å². The van der Waals surface area contributed by atoms with Gasteiger partial charge in [0.25, 0.3) is 0 Å². The Bertz CT molecular complexity index is 830. The van der Waals surface area contributed by atoms with E-state index >= 15 is 0 Å². The van der Waals surface area contributed by atoms with Gasteiger partial charge in [-0.1, -0.05) is 43.2 Å². The number of carboxylic acids is 1. The highest BCUT2D eigenvalue weighted by Crippen LogP contribution is 2.42. The molecule has 5 nitrogen and oxygen atoms in total. The van der Waals surface area contributed by atoms with E-state index in [1.807, 2.05) is 6.07 Å². The number of hydrogen-bond donors (Lipinski definition) is 2. The number of aliphatic carboxylic acids is 1. The summed E-state index contributed by atoms with van der Waals surface area (Å²) in [6, 6.07) is 13.4. The average molecular weight is 371 g/mol. The van der Waals surface area contributed by atoms with Gasteiger partial charge in [-0.15, -0.1) is 0 Å². The Kier molecular flexibility index (Phi) is 5.74. The van der Waals surface area contributed by atoms with E-state index in [2.05, 4.69) is 5.32 Å². The predicted octanol–water partition coefficient (Wildman–Crippen LogP) is 3.42. The van der Waals surface area contributed by atoms with Gasteiger partial charge in [0.15, 0.2) is 6.61 Å². The number of benzene rings is 2. The molecule has 2 aromatic carbocycles. The van der Waals surface area contributed by atoms with Crippen molar-refractivity contribution < 1.29 is 23.8 Å². The van der Waals surface area contributed by atoms with Gasteiger partial charge in [0.1, 0.15) is 11.6 Å². The largest absolute Gasteiger partial charge is 0.482 e. The van der Waals surface area contributed by atoms with E-state index in [0.717, 1.165) is 18.4 Å². The van der Waals surface area contributed by atoms with E-state index in [4.69, 9.17) is 9.84 Å². The van der Waals surface area contributed by atoms with Gasteiger partial charge in [-0.25, -0.2) is 9.18 Å². The van der Waals surface area contributed by atoms with Gasteiger partial charge in [0.2, 0.25) is 5.91 Å². The second-order valence-electron chi connectivity index (χ2n) is 6.78. The summed E-state index contributed by atoms with van der Waals surface area (Å²) in [5.74, 6) is -1.16. The zero-order valence-corrected chi connectivity index (χ0v) is 14.9. The molecule has 2 N–H and O–H groups in total. The van der Waals surface area contributed by atoms with Crippen LogP contribution in [-0.4, -0.2) is 23.6 Å². The van der Waals surface area contributed by atoms with Gasteiger partial charge in [-0.05, 0) is 36.6 Å². The molecule has 1 saturated carbocycles. The predicted molar refractivity (Wildman–Crippen MR) is 98.0 cm³/mol. The molecule has 1 aliphatic carbocycles. The number of amides is 1. The standard InChI is InChI=1S/C21H22FNO4/c22-18-9-2-1-8-17(18)21(10-3-4-11-21)20(26)23-13-15-6-5-7-16(12-15)27-14-19(24)25/h1-2,5-9,12H,3-4,10-11,13-14H2,(H,23,26)(H,24,25). The molecule has 0 unspecified atom stereocenters. The Labute approximate surface area is 157 Å². The Balaban J connectivity index is 1.72. The van der Waals surface area contributed by atoms with Crippen LogP contribution in [-0.2, 0) is 21.5 Å². The highest BCUT2D eigenvalue weighted by molar-refractivity contribution is 5.88. The highest BCUT2D eigenvalue weighted by atomic mass is 19.1. The van der Waals surface area contributed by atoms with Crippen LogP contribution in [0.25, 0.3) is 0 Å². The Morgan fingerprint density at radius 2 is 1.85 bits per heavy atom. The summed E-state index contributed by atoms with van der Waals surface area (Å²) in [4.78, 5) is 23.6. The Morgan fingerprint density at radius 3 is 2.56 bits per heavy atom. The fraction of sp³-hybridized carbons (Fsp3) is 0.333. The number of carbonyl (C=O) groups excluding carboxylic acids is 1. The minimum absolute atomic E-state index is 0.179. The van der Waals surface area contributed by atoms with Crippen molar-refractivity contribution in [3.63, 3.8) is 0 Å². The number of ether oxygens (including phenoxy) is 1. The first-order chi connectivity index (χ1) is 13.0. The van der Waals surface area contributed by atoms with Crippen LogP contribution in [0.4, 0.5) is 4.39 Å². The molecule has 27 heavy (non-hydrogen) atoms. The first-order valence-corrected chi connectivity index (χ1v) is 8.98. The van der Waals surface area contributed by atoms with Gasteiger partial charge in [-0.3, -0.25) is 4.79 Å². The second kappa shape index (κ2) is 8.20. The van der Waals surface area contributed by atoms with E-state index in [-0.39, 0.29) is 18.3 Å². The van der Waals surface area contributed by atoms with E-state index in [1.54, 1.807) is 36.4 Å². The monoisotopic (exact) mass is 371 g/mol. The molecule has 0 bridgehead atoms. The Hall–Kier alpha value is -2.89. The smallest absolute Gasteiger partial charge is 0.341 e. The van der Waals surface area contributed by atoms with Crippen molar-refractivity contribution in [3.05, 3.63) is 65.5 Å². The van der Waals surface area contributed by atoms with E-state index < -0.39 is 18.0 Å². The molecule has 1 amide bonds. The maximum Gasteiger partial charge on any atom is 0.341 e. The van der Waals surface area contributed by atoms with Crippen LogP contribution in [0.1, 0.15) is 36.8 Å². The third-order valence-electron chi connectivity index (χ3n) is 5.00. The molecule has 0 heterocycles. The number of carboxylic acid groups (broad SMARTS) is 1. The first kappa shape index (κ1) is 18.9. The minimum Gasteiger partial charge on any atom is -0.482 e. The van der Waals surface area contributed by atoms with E-state index in [1.165, 1.54) is 6.07 Å². The van der Waals surface area contributed by atoms with Crippen molar-refractivity contribution in [1.82, 2.24) is 5.32 Å². The van der Waals surface area contributed by atoms with Crippen molar-refractivity contribution in [2.45, 2.75) is 37.6 Å². The molecular weight excluding hydrogens is 349 g/mol. The number of halogens is 1. The molecule has 0 atom stereocenters. The minimum atomic E-state index is -1.05.